The third kappa shape index (κ3) is 3.29. The predicted octanol–water partition coefficient (Wildman–Crippen LogP) is 3.39. The van der Waals surface area contributed by atoms with Crippen LogP contribution in [0.2, 0.25) is 0 Å². The second-order valence-electron chi connectivity index (χ2n) is 5.39. The van der Waals surface area contributed by atoms with Crippen molar-refractivity contribution in [1.29, 1.82) is 0 Å². The van der Waals surface area contributed by atoms with Crippen LogP contribution in [0.3, 0.4) is 0 Å². The molecule has 2 aromatic rings. The Morgan fingerprint density at radius 3 is 2.44 bits per heavy atom. The lowest BCUT2D eigenvalue weighted by Crippen LogP contribution is -2.12. The van der Waals surface area contributed by atoms with Gasteiger partial charge in [-0.1, -0.05) is 20.8 Å². The number of pyridine rings is 2. The van der Waals surface area contributed by atoms with Gasteiger partial charge in [-0.05, 0) is 40.8 Å². The van der Waals surface area contributed by atoms with Crippen molar-refractivity contribution in [2.45, 2.75) is 32.7 Å². The SMILES string of the molecule is CC(C)(C)c1ccnc(NCc2ccncc2)c1. The standard InChI is InChI=1S/C15H19N3/c1-15(2,3)13-6-9-17-14(10-13)18-11-12-4-7-16-8-5-12/h4-10H,11H2,1-3H3,(H,17,18). The first-order chi connectivity index (χ1) is 8.55. The van der Waals surface area contributed by atoms with Crippen molar-refractivity contribution in [3.8, 4) is 0 Å². The lowest BCUT2D eigenvalue weighted by atomic mass is 9.88. The molecule has 2 aromatic heterocycles. The maximum Gasteiger partial charge on any atom is 0.126 e. The van der Waals surface area contributed by atoms with E-state index in [2.05, 4.69) is 48.2 Å². The molecule has 0 amide bonds. The normalized spacial score (nSPS) is 11.3. The number of hydrogen-bond acceptors (Lipinski definition) is 3. The molecule has 0 radical (unpaired) electrons. The Morgan fingerprint density at radius 2 is 1.78 bits per heavy atom. The van der Waals surface area contributed by atoms with Crippen molar-refractivity contribution in [3.63, 3.8) is 0 Å². The van der Waals surface area contributed by atoms with Gasteiger partial charge in [0.2, 0.25) is 0 Å². The van der Waals surface area contributed by atoms with Crippen LogP contribution < -0.4 is 5.32 Å². The highest BCUT2D eigenvalue weighted by molar-refractivity contribution is 5.40. The van der Waals surface area contributed by atoms with Crippen LogP contribution in [0.5, 0.6) is 0 Å². The second kappa shape index (κ2) is 5.17. The largest absolute Gasteiger partial charge is 0.366 e. The predicted molar refractivity (Wildman–Crippen MR) is 74.5 cm³/mol. The number of aromatic nitrogens is 2. The first-order valence-electron chi connectivity index (χ1n) is 6.15. The Labute approximate surface area is 108 Å². The molecular weight excluding hydrogens is 222 g/mol. The maximum atomic E-state index is 4.34. The van der Waals surface area contributed by atoms with Crippen molar-refractivity contribution in [2.24, 2.45) is 0 Å². The van der Waals surface area contributed by atoms with Crippen molar-refractivity contribution in [1.82, 2.24) is 9.97 Å². The quantitative estimate of drug-likeness (QED) is 0.895. The summed E-state index contributed by atoms with van der Waals surface area (Å²) in [5, 5.41) is 3.33. The van der Waals surface area contributed by atoms with E-state index in [1.54, 1.807) is 12.4 Å². The Bertz CT molecular complexity index is 501. The van der Waals surface area contributed by atoms with Gasteiger partial charge in [-0.15, -0.1) is 0 Å². The minimum atomic E-state index is 0.149. The fourth-order valence-corrected chi connectivity index (χ4v) is 1.69. The summed E-state index contributed by atoms with van der Waals surface area (Å²) < 4.78 is 0. The van der Waals surface area contributed by atoms with Gasteiger partial charge in [0.05, 0.1) is 0 Å². The lowest BCUT2D eigenvalue weighted by molar-refractivity contribution is 0.589. The van der Waals surface area contributed by atoms with Gasteiger partial charge in [0, 0.05) is 25.1 Å². The zero-order valence-corrected chi connectivity index (χ0v) is 11.1. The summed E-state index contributed by atoms with van der Waals surface area (Å²) in [7, 11) is 0. The maximum absolute atomic E-state index is 4.34. The first-order valence-corrected chi connectivity index (χ1v) is 6.15. The third-order valence-electron chi connectivity index (χ3n) is 2.85. The van der Waals surface area contributed by atoms with Gasteiger partial charge in [0.25, 0.3) is 0 Å². The number of rotatable bonds is 3. The minimum absolute atomic E-state index is 0.149. The van der Waals surface area contributed by atoms with Crippen LogP contribution in [0.4, 0.5) is 5.82 Å². The summed E-state index contributed by atoms with van der Waals surface area (Å²) in [5.41, 5.74) is 2.64. The molecule has 0 atom stereocenters. The van der Waals surface area contributed by atoms with Crippen LogP contribution in [0.25, 0.3) is 0 Å². The van der Waals surface area contributed by atoms with Crippen molar-refractivity contribution >= 4 is 5.82 Å². The van der Waals surface area contributed by atoms with Gasteiger partial charge in [-0.25, -0.2) is 4.98 Å². The highest BCUT2D eigenvalue weighted by atomic mass is 15.0. The van der Waals surface area contributed by atoms with Crippen LogP contribution in [0, 0.1) is 0 Å². The molecule has 0 unspecified atom stereocenters. The average Bonchev–Trinajstić information content (AvgIpc) is 2.37. The highest BCUT2D eigenvalue weighted by Gasteiger charge is 2.13. The molecule has 0 aliphatic rings. The summed E-state index contributed by atoms with van der Waals surface area (Å²) in [5.74, 6) is 0.916. The number of hydrogen-bond donors (Lipinski definition) is 1. The summed E-state index contributed by atoms with van der Waals surface area (Å²) >= 11 is 0. The van der Waals surface area contributed by atoms with Gasteiger partial charge in [-0.2, -0.15) is 0 Å². The molecule has 0 aliphatic heterocycles. The third-order valence-corrected chi connectivity index (χ3v) is 2.85. The van der Waals surface area contributed by atoms with Crippen LogP contribution in [0.15, 0.2) is 42.9 Å². The van der Waals surface area contributed by atoms with Gasteiger partial charge >= 0.3 is 0 Å². The Kier molecular flexibility index (Phi) is 3.60. The van der Waals surface area contributed by atoms with E-state index in [1.165, 1.54) is 11.1 Å². The summed E-state index contributed by atoms with van der Waals surface area (Å²) in [6.07, 6.45) is 5.46. The Morgan fingerprint density at radius 1 is 1.06 bits per heavy atom. The summed E-state index contributed by atoms with van der Waals surface area (Å²) in [6.45, 7) is 7.38. The molecule has 3 heteroatoms. The molecular formula is C15H19N3. The van der Waals surface area contributed by atoms with Crippen LogP contribution in [-0.4, -0.2) is 9.97 Å². The summed E-state index contributed by atoms with van der Waals surface area (Å²) in [4.78, 5) is 8.34. The van der Waals surface area contributed by atoms with E-state index >= 15 is 0 Å². The Hall–Kier alpha value is -1.90. The van der Waals surface area contributed by atoms with Crippen LogP contribution in [-0.2, 0) is 12.0 Å². The van der Waals surface area contributed by atoms with Crippen molar-refractivity contribution in [2.75, 3.05) is 5.32 Å². The fraction of sp³-hybridized carbons (Fsp3) is 0.333. The van der Waals surface area contributed by atoms with Crippen LogP contribution in [0.1, 0.15) is 31.9 Å². The molecule has 0 fully saturated rings. The highest BCUT2D eigenvalue weighted by Crippen LogP contribution is 2.23. The monoisotopic (exact) mass is 241 g/mol. The van der Waals surface area contributed by atoms with E-state index in [9.17, 15) is 0 Å². The van der Waals surface area contributed by atoms with Crippen molar-refractivity contribution in [3.05, 3.63) is 54.0 Å². The first kappa shape index (κ1) is 12.6. The Balaban J connectivity index is 2.06. The van der Waals surface area contributed by atoms with Gasteiger partial charge in [0.15, 0.2) is 0 Å². The minimum Gasteiger partial charge on any atom is -0.366 e. The van der Waals surface area contributed by atoms with E-state index in [1.807, 2.05) is 18.3 Å². The van der Waals surface area contributed by atoms with E-state index in [-0.39, 0.29) is 5.41 Å². The van der Waals surface area contributed by atoms with E-state index in [0.717, 1.165) is 12.4 Å². The van der Waals surface area contributed by atoms with E-state index in [4.69, 9.17) is 0 Å². The molecule has 2 rings (SSSR count). The average molecular weight is 241 g/mol. The smallest absolute Gasteiger partial charge is 0.126 e. The lowest BCUT2D eigenvalue weighted by Gasteiger charge is -2.19. The molecule has 94 valence electrons. The van der Waals surface area contributed by atoms with Crippen LogP contribution >= 0.6 is 0 Å². The number of nitrogens with zero attached hydrogens (tertiary/aromatic N) is 2. The molecule has 1 N–H and O–H groups in total. The molecule has 18 heavy (non-hydrogen) atoms. The van der Waals surface area contributed by atoms with Gasteiger partial charge < -0.3 is 5.32 Å². The molecule has 0 spiro atoms. The van der Waals surface area contributed by atoms with Gasteiger partial charge in [-0.3, -0.25) is 4.98 Å². The van der Waals surface area contributed by atoms with Crippen molar-refractivity contribution < 1.29 is 0 Å². The number of nitrogens with one attached hydrogen (secondary N) is 1. The molecule has 0 aliphatic carbocycles. The molecule has 0 saturated carbocycles. The zero-order chi connectivity index (χ0) is 13.0. The summed E-state index contributed by atoms with van der Waals surface area (Å²) in [6, 6.07) is 8.18. The number of anilines is 1. The topological polar surface area (TPSA) is 37.8 Å². The molecule has 2 heterocycles. The molecule has 0 aromatic carbocycles. The van der Waals surface area contributed by atoms with Gasteiger partial charge in [0.1, 0.15) is 5.82 Å². The molecule has 0 saturated heterocycles. The molecule has 3 nitrogen and oxygen atoms in total. The van der Waals surface area contributed by atoms with E-state index in [0.29, 0.717) is 0 Å². The van der Waals surface area contributed by atoms with E-state index < -0.39 is 0 Å². The zero-order valence-electron chi connectivity index (χ0n) is 11.1. The fourth-order valence-electron chi connectivity index (χ4n) is 1.69. The second-order valence-corrected chi connectivity index (χ2v) is 5.39. The molecule has 0 bridgehead atoms.